The van der Waals surface area contributed by atoms with Crippen LogP contribution in [0.5, 0.6) is 0 Å². The third-order valence-electron chi connectivity index (χ3n) is 1.85. The Labute approximate surface area is 101 Å². The zero-order valence-corrected chi connectivity index (χ0v) is 9.78. The predicted octanol–water partition coefficient (Wildman–Crippen LogP) is 0.594. The van der Waals surface area contributed by atoms with E-state index in [-0.39, 0.29) is 0 Å². The highest BCUT2D eigenvalue weighted by molar-refractivity contribution is 7.92. The molecule has 98 valence electrons. The minimum atomic E-state index is -3.90. The summed E-state index contributed by atoms with van der Waals surface area (Å²) in [6.07, 6.45) is 0.716. The molecule has 1 aromatic rings. The molecule has 0 aliphatic heterocycles. The van der Waals surface area contributed by atoms with Crippen LogP contribution in [0, 0.1) is 5.82 Å². The topological polar surface area (TPSA) is 121 Å². The lowest BCUT2D eigenvalue weighted by molar-refractivity contribution is 0.0696. The first-order valence-electron chi connectivity index (χ1n) is 4.39. The third-order valence-corrected chi connectivity index (χ3v) is 2.43. The fraction of sp³-hybridized carbons (Fsp3) is 0.111. The van der Waals surface area contributed by atoms with Crippen molar-refractivity contribution in [1.82, 2.24) is 0 Å². The van der Waals surface area contributed by atoms with Gasteiger partial charge in [-0.3, -0.25) is 4.72 Å². The maximum Gasteiger partial charge on any atom is 0.337 e. The molecule has 0 saturated heterocycles. The molecule has 18 heavy (non-hydrogen) atoms. The van der Waals surface area contributed by atoms with Gasteiger partial charge in [-0.2, -0.15) is 0 Å². The fourth-order valence-electron chi connectivity index (χ4n) is 1.24. The van der Waals surface area contributed by atoms with Crippen molar-refractivity contribution in [2.75, 3.05) is 11.0 Å². The molecule has 1 rings (SSSR count). The maximum absolute atomic E-state index is 13.1. The van der Waals surface area contributed by atoms with Crippen LogP contribution in [0.3, 0.4) is 0 Å². The number of carboxylic acid groups (broad SMARTS) is 2. The average Bonchev–Trinajstić information content (AvgIpc) is 2.17. The smallest absolute Gasteiger partial charge is 0.337 e. The van der Waals surface area contributed by atoms with Crippen LogP contribution in [0.25, 0.3) is 0 Å². The molecule has 9 heteroatoms. The molecule has 0 bridgehead atoms. The van der Waals surface area contributed by atoms with Crippen LogP contribution < -0.4 is 4.72 Å². The molecular formula is C9H8FNO6S. The van der Waals surface area contributed by atoms with Crippen molar-refractivity contribution in [3.05, 3.63) is 29.1 Å². The minimum absolute atomic E-state index is 0.530. The molecular weight excluding hydrogens is 269 g/mol. The van der Waals surface area contributed by atoms with Crippen LogP contribution in [0.1, 0.15) is 20.7 Å². The summed E-state index contributed by atoms with van der Waals surface area (Å²) in [4.78, 5) is 21.7. The Morgan fingerprint density at radius 2 is 1.56 bits per heavy atom. The zero-order valence-electron chi connectivity index (χ0n) is 8.97. The molecule has 3 N–H and O–H groups in total. The van der Waals surface area contributed by atoms with Crippen LogP contribution in [-0.4, -0.2) is 36.8 Å². The fourth-order valence-corrected chi connectivity index (χ4v) is 1.83. The average molecular weight is 277 g/mol. The summed E-state index contributed by atoms with van der Waals surface area (Å²) >= 11 is 0. The number of aromatic carboxylic acids is 2. The van der Waals surface area contributed by atoms with Gasteiger partial charge in [-0.1, -0.05) is 0 Å². The standard InChI is InChI=1S/C9H8FNO6S/c1-18(16,17)11-7-5(8(12)13)2-4(10)3-6(7)9(14)15/h2-3,11H,1H3,(H,12,13)(H,14,15). The number of carboxylic acids is 2. The van der Waals surface area contributed by atoms with Gasteiger partial charge < -0.3 is 10.2 Å². The molecule has 0 aliphatic rings. The van der Waals surface area contributed by atoms with Gasteiger partial charge in [0.1, 0.15) is 5.82 Å². The number of hydrogen-bond donors (Lipinski definition) is 3. The van der Waals surface area contributed by atoms with Gasteiger partial charge in [-0.15, -0.1) is 0 Å². The Balaban J connectivity index is 3.61. The van der Waals surface area contributed by atoms with E-state index < -0.39 is 44.6 Å². The highest BCUT2D eigenvalue weighted by Crippen LogP contribution is 2.24. The summed E-state index contributed by atoms with van der Waals surface area (Å²) < 4.78 is 36.9. The second-order valence-corrected chi connectivity index (χ2v) is 5.11. The maximum atomic E-state index is 13.1. The Morgan fingerprint density at radius 3 is 1.83 bits per heavy atom. The molecule has 0 saturated carbocycles. The highest BCUT2D eigenvalue weighted by atomic mass is 32.2. The van der Waals surface area contributed by atoms with Gasteiger partial charge in [0.15, 0.2) is 0 Å². The number of carbonyl (C=O) groups is 2. The number of sulfonamides is 1. The monoisotopic (exact) mass is 277 g/mol. The van der Waals surface area contributed by atoms with E-state index in [1.54, 1.807) is 4.72 Å². The van der Waals surface area contributed by atoms with Gasteiger partial charge in [0.25, 0.3) is 0 Å². The van der Waals surface area contributed by atoms with Crippen molar-refractivity contribution < 1.29 is 32.6 Å². The number of hydrogen-bond acceptors (Lipinski definition) is 4. The van der Waals surface area contributed by atoms with Crippen LogP contribution in [0.15, 0.2) is 12.1 Å². The van der Waals surface area contributed by atoms with Gasteiger partial charge in [-0.25, -0.2) is 22.4 Å². The van der Waals surface area contributed by atoms with Crippen LogP contribution in [-0.2, 0) is 10.0 Å². The van der Waals surface area contributed by atoms with E-state index in [0.717, 1.165) is 0 Å². The van der Waals surface area contributed by atoms with E-state index in [1.165, 1.54) is 0 Å². The molecule has 0 aliphatic carbocycles. The third kappa shape index (κ3) is 3.17. The second kappa shape index (κ2) is 4.61. The van der Waals surface area contributed by atoms with E-state index in [1.807, 2.05) is 0 Å². The Kier molecular flexibility index (Phi) is 3.56. The summed E-state index contributed by atoms with van der Waals surface area (Å²) in [5.41, 5.74) is -2.24. The number of halogens is 1. The van der Waals surface area contributed by atoms with Crippen LogP contribution in [0.4, 0.5) is 10.1 Å². The lowest BCUT2D eigenvalue weighted by Crippen LogP contribution is -2.17. The van der Waals surface area contributed by atoms with Crippen LogP contribution in [0.2, 0.25) is 0 Å². The van der Waals surface area contributed by atoms with Gasteiger partial charge in [-0.05, 0) is 12.1 Å². The summed E-state index contributed by atoms with van der Waals surface area (Å²) in [6, 6.07) is 1.06. The lowest BCUT2D eigenvalue weighted by atomic mass is 10.1. The molecule has 0 amide bonds. The zero-order chi connectivity index (χ0) is 14.1. The van der Waals surface area contributed by atoms with Crippen LogP contribution >= 0.6 is 0 Å². The summed E-state index contributed by atoms with van der Waals surface area (Å²) in [5.74, 6) is -4.39. The highest BCUT2D eigenvalue weighted by Gasteiger charge is 2.22. The first-order valence-corrected chi connectivity index (χ1v) is 6.29. The Bertz CT molecular complexity index is 589. The lowest BCUT2D eigenvalue weighted by Gasteiger charge is -2.11. The SMILES string of the molecule is CS(=O)(=O)Nc1c(C(=O)O)cc(F)cc1C(=O)O. The van der Waals surface area contributed by atoms with Crippen molar-refractivity contribution in [2.24, 2.45) is 0 Å². The van der Waals surface area contributed by atoms with Crippen molar-refractivity contribution in [3.8, 4) is 0 Å². The van der Waals surface area contributed by atoms with Crippen molar-refractivity contribution in [3.63, 3.8) is 0 Å². The predicted molar refractivity (Wildman–Crippen MR) is 58.8 cm³/mol. The van der Waals surface area contributed by atoms with Gasteiger partial charge >= 0.3 is 11.9 Å². The van der Waals surface area contributed by atoms with E-state index in [2.05, 4.69) is 0 Å². The number of nitrogens with one attached hydrogen (secondary N) is 1. The molecule has 0 heterocycles. The molecule has 0 aromatic heterocycles. The Morgan fingerprint density at radius 1 is 1.17 bits per heavy atom. The number of anilines is 1. The van der Waals surface area contributed by atoms with E-state index in [4.69, 9.17) is 10.2 Å². The molecule has 0 radical (unpaired) electrons. The molecule has 0 spiro atoms. The quantitative estimate of drug-likeness (QED) is 0.740. The first-order chi connectivity index (χ1) is 8.11. The molecule has 7 nitrogen and oxygen atoms in total. The van der Waals surface area contributed by atoms with E-state index >= 15 is 0 Å². The van der Waals surface area contributed by atoms with Crippen molar-refractivity contribution >= 4 is 27.6 Å². The molecule has 0 unspecified atom stereocenters. The first kappa shape index (κ1) is 13.9. The minimum Gasteiger partial charge on any atom is -0.478 e. The Hall–Kier alpha value is -2.16. The molecule has 0 fully saturated rings. The number of rotatable bonds is 4. The van der Waals surface area contributed by atoms with Crippen molar-refractivity contribution in [1.29, 1.82) is 0 Å². The van der Waals surface area contributed by atoms with Gasteiger partial charge in [0.2, 0.25) is 10.0 Å². The second-order valence-electron chi connectivity index (χ2n) is 3.36. The normalized spacial score (nSPS) is 11.0. The number of benzene rings is 1. The summed E-state index contributed by atoms with van der Waals surface area (Å²) in [6.45, 7) is 0. The van der Waals surface area contributed by atoms with Gasteiger partial charge in [0, 0.05) is 0 Å². The molecule has 1 aromatic carbocycles. The van der Waals surface area contributed by atoms with Gasteiger partial charge in [0.05, 0.1) is 23.1 Å². The summed E-state index contributed by atoms with van der Waals surface area (Å²) in [7, 11) is -3.90. The van der Waals surface area contributed by atoms with E-state index in [0.29, 0.717) is 18.4 Å². The van der Waals surface area contributed by atoms with Crippen molar-refractivity contribution in [2.45, 2.75) is 0 Å². The summed E-state index contributed by atoms with van der Waals surface area (Å²) in [5, 5.41) is 17.6. The largest absolute Gasteiger partial charge is 0.478 e. The molecule has 0 atom stereocenters. The van der Waals surface area contributed by atoms with E-state index in [9.17, 15) is 22.4 Å².